The number of rotatable bonds is 2. The maximum atomic E-state index is 12.5. The summed E-state index contributed by atoms with van der Waals surface area (Å²) in [6.45, 7) is 0. The lowest BCUT2D eigenvalue weighted by Crippen LogP contribution is -2.31. The molecule has 0 bridgehead atoms. The molecule has 106 valence electrons. The van der Waals surface area contributed by atoms with Crippen molar-refractivity contribution in [1.82, 2.24) is 0 Å². The molecular weight excluding hydrogens is 256 g/mol. The van der Waals surface area contributed by atoms with E-state index in [0.717, 1.165) is 25.7 Å². The molecule has 2 N–H and O–H groups in total. The van der Waals surface area contributed by atoms with Crippen LogP contribution in [0.15, 0.2) is 18.2 Å². The number of carbonyl (C=O) groups is 2. The number of anilines is 2. The van der Waals surface area contributed by atoms with Crippen LogP contribution in [-0.4, -0.2) is 18.9 Å². The Hall–Kier alpha value is -2.04. The van der Waals surface area contributed by atoms with E-state index >= 15 is 0 Å². The quantitative estimate of drug-likeness (QED) is 0.661. The van der Waals surface area contributed by atoms with Crippen LogP contribution in [0.5, 0.6) is 5.75 Å². The van der Waals surface area contributed by atoms with Gasteiger partial charge in [0.2, 0.25) is 11.8 Å². The third kappa shape index (κ3) is 1.85. The molecule has 1 aliphatic carbocycles. The molecule has 2 aliphatic rings. The second-order valence-electron chi connectivity index (χ2n) is 5.43. The lowest BCUT2D eigenvalue weighted by Gasteiger charge is -2.19. The number of nitrogen functional groups attached to an aromatic ring is 1. The third-order valence-electron chi connectivity index (χ3n) is 4.32. The Balaban J connectivity index is 2.01. The van der Waals surface area contributed by atoms with Crippen LogP contribution >= 0.6 is 0 Å². The van der Waals surface area contributed by atoms with Crippen LogP contribution in [0.1, 0.15) is 25.7 Å². The minimum absolute atomic E-state index is 0.111. The number of imide groups is 1. The molecule has 0 aromatic heterocycles. The molecule has 1 aliphatic heterocycles. The Morgan fingerprint density at radius 1 is 1.15 bits per heavy atom. The Kier molecular flexibility index (Phi) is 3.12. The SMILES string of the molecule is COc1ccc(N)c(N2C(=O)C3CCCCC3C2=O)c1. The molecule has 2 fully saturated rings. The van der Waals surface area contributed by atoms with Crippen LogP contribution in [0.3, 0.4) is 0 Å². The van der Waals surface area contributed by atoms with Crippen molar-refractivity contribution in [3.05, 3.63) is 18.2 Å². The van der Waals surface area contributed by atoms with E-state index in [1.165, 1.54) is 4.90 Å². The van der Waals surface area contributed by atoms with Crippen LogP contribution < -0.4 is 15.4 Å². The number of hydrogen-bond donors (Lipinski definition) is 1. The highest BCUT2D eigenvalue weighted by Gasteiger charge is 2.49. The topological polar surface area (TPSA) is 72.6 Å². The number of nitrogens with zero attached hydrogens (tertiary/aromatic N) is 1. The predicted molar refractivity (Wildman–Crippen MR) is 75.3 cm³/mol. The average Bonchev–Trinajstić information content (AvgIpc) is 2.72. The lowest BCUT2D eigenvalue weighted by atomic mass is 9.81. The molecule has 1 heterocycles. The lowest BCUT2D eigenvalue weighted by molar-refractivity contribution is -0.122. The first-order valence-corrected chi connectivity index (χ1v) is 6.95. The number of ether oxygens (including phenoxy) is 1. The van der Waals surface area contributed by atoms with Gasteiger partial charge in [-0.15, -0.1) is 0 Å². The Morgan fingerprint density at radius 2 is 1.75 bits per heavy atom. The highest BCUT2D eigenvalue weighted by atomic mass is 16.5. The van der Waals surface area contributed by atoms with Crippen molar-refractivity contribution in [2.24, 2.45) is 11.8 Å². The molecule has 1 saturated carbocycles. The predicted octanol–water partition coefficient (Wildman–Crippen LogP) is 1.96. The molecule has 1 aromatic carbocycles. The number of amides is 2. The van der Waals surface area contributed by atoms with Gasteiger partial charge in [-0.25, -0.2) is 4.90 Å². The van der Waals surface area contributed by atoms with Gasteiger partial charge in [-0.3, -0.25) is 9.59 Å². The Morgan fingerprint density at radius 3 is 2.30 bits per heavy atom. The second kappa shape index (κ2) is 4.81. The van der Waals surface area contributed by atoms with Crippen molar-refractivity contribution >= 4 is 23.2 Å². The van der Waals surface area contributed by atoms with E-state index in [1.807, 2.05) is 0 Å². The van der Waals surface area contributed by atoms with E-state index in [-0.39, 0.29) is 23.7 Å². The van der Waals surface area contributed by atoms with Crippen LogP contribution in [0.4, 0.5) is 11.4 Å². The molecule has 3 rings (SSSR count). The monoisotopic (exact) mass is 274 g/mol. The molecule has 5 heteroatoms. The fourth-order valence-electron chi connectivity index (χ4n) is 3.24. The Bertz CT molecular complexity index is 546. The van der Waals surface area contributed by atoms with Gasteiger partial charge in [0, 0.05) is 6.07 Å². The smallest absolute Gasteiger partial charge is 0.237 e. The largest absolute Gasteiger partial charge is 0.497 e. The zero-order chi connectivity index (χ0) is 14.3. The van der Waals surface area contributed by atoms with Crippen molar-refractivity contribution in [2.45, 2.75) is 25.7 Å². The molecule has 0 spiro atoms. The summed E-state index contributed by atoms with van der Waals surface area (Å²) >= 11 is 0. The molecular formula is C15H18N2O3. The number of carbonyl (C=O) groups excluding carboxylic acids is 2. The summed E-state index contributed by atoms with van der Waals surface area (Å²) in [5, 5.41) is 0. The molecule has 2 unspecified atom stereocenters. The second-order valence-corrected chi connectivity index (χ2v) is 5.43. The number of hydrogen-bond acceptors (Lipinski definition) is 4. The maximum Gasteiger partial charge on any atom is 0.237 e. The number of fused-ring (bicyclic) bond motifs is 1. The van der Waals surface area contributed by atoms with Crippen molar-refractivity contribution in [2.75, 3.05) is 17.7 Å². The summed E-state index contributed by atoms with van der Waals surface area (Å²) in [6, 6.07) is 5.04. The fraction of sp³-hybridized carbons (Fsp3) is 0.467. The summed E-state index contributed by atoms with van der Waals surface area (Å²) in [7, 11) is 1.54. The van der Waals surface area contributed by atoms with Gasteiger partial charge in [0.15, 0.2) is 0 Å². The van der Waals surface area contributed by atoms with Gasteiger partial charge < -0.3 is 10.5 Å². The zero-order valence-corrected chi connectivity index (χ0v) is 11.5. The first-order valence-electron chi connectivity index (χ1n) is 6.95. The van der Waals surface area contributed by atoms with E-state index in [1.54, 1.807) is 25.3 Å². The normalized spacial score (nSPS) is 25.8. The summed E-state index contributed by atoms with van der Waals surface area (Å²) in [4.78, 5) is 26.3. The van der Waals surface area contributed by atoms with E-state index in [4.69, 9.17) is 10.5 Å². The highest BCUT2D eigenvalue weighted by Crippen LogP contribution is 2.42. The van der Waals surface area contributed by atoms with Gasteiger partial charge in [-0.2, -0.15) is 0 Å². The molecule has 2 amide bonds. The highest BCUT2D eigenvalue weighted by molar-refractivity contribution is 6.23. The summed E-state index contributed by atoms with van der Waals surface area (Å²) in [6.07, 6.45) is 3.63. The van der Waals surface area contributed by atoms with Gasteiger partial charge >= 0.3 is 0 Å². The van der Waals surface area contributed by atoms with E-state index in [0.29, 0.717) is 17.1 Å². The van der Waals surface area contributed by atoms with Gasteiger partial charge in [-0.05, 0) is 25.0 Å². The summed E-state index contributed by atoms with van der Waals surface area (Å²) in [5.41, 5.74) is 6.81. The van der Waals surface area contributed by atoms with Gasteiger partial charge in [0.25, 0.3) is 0 Å². The van der Waals surface area contributed by atoms with Crippen molar-refractivity contribution in [3.63, 3.8) is 0 Å². The molecule has 1 saturated heterocycles. The van der Waals surface area contributed by atoms with Crippen LogP contribution in [0.25, 0.3) is 0 Å². The summed E-state index contributed by atoms with van der Waals surface area (Å²) < 4.78 is 5.15. The minimum Gasteiger partial charge on any atom is -0.497 e. The van der Waals surface area contributed by atoms with E-state index in [2.05, 4.69) is 0 Å². The van der Waals surface area contributed by atoms with Crippen molar-refractivity contribution in [1.29, 1.82) is 0 Å². The maximum absolute atomic E-state index is 12.5. The molecule has 20 heavy (non-hydrogen) atoms. The van der Waals surface area contributed by atoms with Gasteiger partial charge in [0.1, 0.15) is 5.75 Å². The minimum atomic E-state index is -0.165. The number of methoxy groups -OCH3 is 1. The molecule has 2 atom stereocenters. The third-order valence-corrected chi connectivity index (χ3v) is 4.32. The Labute approximate surface area is 117 Å². The zero-order valence-electron chi connectivity index (χ0n) is 11.5. The average molecular weight is 274 g/mol. The molecule has 5 nitrogen and oxygen atoms in total. The molecule has 0 radical (unpaired) electrons. The summed E-state index contributed by atoms with van der Waals surface area (Å²) in [5.74, 6) is 0.0349. The van der Waals surface area contributed by atoms with E-state index < -0.39 is 0 Å². The number of nitrogens with two attached hydrogens (primary N) is 1. The van der Waals surface area contributed by atoms with Crippen molar-refractivity contribution in [3.8, 4) is 5.75 Å². The first-order chi connectivity index (χ1) is 9.63. The van der Waals surface area contributed by atoms with E-state index in [9.17, 15) is 9.59 Å². The van der Waals surface area contributed by atoms with Crippen molar-refractivity contribution < 1.29 is 14.3 Å². The van der Waals surface area contributed by atoms with Gasteiger partial charge in [0.05, 0.1) is 30.3 Å². The standard InChI is InChI=1S/C15H18N2O3/c1-20-9-6-7-12(16)13(8-9)17-14(18)10-4-2-3-5-11(10)15(17)19/h6-8,10-11H,2-5,16H2,1H3. The fourth-order valence-corrected chi connectivity index (χ4v) is 3.24. The molecule has 1 aromatic rings. The van der Waals surface area contributed by atoms with Crippen LogP contribution in [0.2, 0.25) is 0 Å². The number of benzene rings is 1. The van der Waals surface area contributed by atoms with Crippen LogP contribution in [0, 0.1) is 11.8 Å². The van der Waals surface area contributed by atoms with Crippen LogP contribution in [-0.2, 0) is 9.59 Å². The first kappa shape index (κ1) is 13.0. The van der Waals surface area contributed by atoms with Gasteiger partial charge in [-0.1, -0.05) is 12.8 Å².